The van der Waals surface area contributed by atoms with Crippen LogP contribution in [0.15, 0.2) is 15.9 Å². The third-order valence-electron chi connectivity index (χ3n) is 2.91. The highest BCUT2D eigenvalue weighted by Crippen LogP contribution is 2.40. The molecule has 16 heavy (non-hydrogen) atoms. The van der Waals surface area contributed by atoms with Crippen LogP contribution >= 0.6 is 27.3 Å². The van der Waals surface area contributed by atoms with Gasteiger partial charge in [0.15, 0.2) is 0 Å². The van der Waals surface area contributed by atoms with Gasteiger partial charge in [-0.05, 0) is 33.8 Å². The lowest BCUT2D eigenvalue weighted by atomic mass is 10.00. The molecule has 1 aromatic heterocycles. The first-order valence-electron chi connectivity index (χ1n) is 5.76. The van der Waals surface area contributed by atoms with E-state index in [1.54, 1.807) is 11.3 Å². The lowest BCUT2D eigenvalue weighted by Gasteiger charge is -2.19. The first-order valence-corrected chi connectivity index (χ1v) is 7.43. The molecule has 0 amide bonds. The summed E-state index contributed by atoms with van der Waals surface area (Å²) in [5.74, 6) is 0.609. The lowest BCUT2D eigenvalue weighted by molar-refractivity contribution is 0.0924. The highest BCUT2D eigenvalue weighted by Gasteiger charge is 2.31. The van der Waals surface area contributed by atoms with Crippen molar-refractivity contribution < 1.29 is 4.74 Å². The van der Waals surface area contributed by atoms with E-state index in [0.29, 0.717) is 12.0 Å². The largest absolute Gasteiger partial charge is 0.372 e. The van der Waals surface area contributed by atoms with Crippen molar-refractivity contribution in [1.29, 1.82) is 0 Å². The minimum absolute atomic E-state index is 0.278. The third-order valence-corrected chi connectivity index (χ3v) is 4.84. The van der Waals surface area contributed by atoms with Crippen LogP contribution in [0.3, 0.4) is 0 Å². The molecule has 1 saturated heterocycles. The van der Waals surface area contributed by atoms with Crippen LogP contribution in [0.5, 0.6) is 0 Å². The highest BCUT2D eigenvalue weighted by molar-refractivity contribution is 9.10. The van der Waals surface area contributed by atoms with E-state index < -0.39 is 0 Å². The van der Waals surface area contributed by atoms with Crippen LogP contribution in [0.1, 0.15) is 31.2 Å². The predicted octanol–water partition coefficient (Wildman–Crippen LogP) is 3.59. The molecule has 0 aromatic carbocycles. The van der Waals surface area contributed by atoms with Crippen LogP contribution in [0.25, 0.3) is 0 Å². The lowest BCUT2D eigenvalue weighted by Crippen LogP contribution is -2.30. The van der Waals surface area contributed by atoms with Gasteiger partial charge in [0.05, 0.1) is 6.10 Å². The Morgan fingerprint density at radius 2 is 2.44 bits per heavy atom. The summed E-state index contributed by atoms with van der Waals surface area (Å²) in [5.41, 5.74) is 0. The molecule has 1 aromatic rings. The molecule has 1 aliphatic heterocycles. The summed E-state index contributed by atoms with van der Waals surface area (Å²) < 4.78 is 7.06. The molecular weight excluding hydrogens is 286 g/mol. The molecule has 0 aliphatic carbocycles. The summed E-state index contributed by atoms with van der Waals surface area (Å²) in [4.78, 5) is 1.34. The highest BCUT2D eigenvalue weighted by atomic mass is 79.9. The molecule has 2 heterocycles. The zero-order valence-corrected chi connectivity index (χ0v) is 12.1. The Labute approximate surface area is 110 Å². The van der Waals surface area contributed by atoms with Crippen molar-refractivity contribution in [3.8, 4) is 0 Å². The van der Waals surface area contributed by atoms with E-state index in [2.05, 4.69) is 46.5 Å². The second-order valence-corrected chi connectivity index (χ2v) is 6.34. The number of ether oxygens (including phenoxy) is 1. The summed E-state index contributed by atoms with van der Waals surface area (Å²) in [6.45, 7) is 6.31. The van der Waals surface area contributed by atoms with Crippen molar-refractivity contribution in [3.63, 3.8) is 0 Å². The number of hydrogen-bond acceptors (Lipinski definition) is 3. The normalized spacial score (nSPS) is 25.5. The molecule has 0 saturated carbocycles. The maximum absolute atomic E-state index is 5.86. The summed E-state index contributed by atoms with van der Waals surface area (Å²) in [6.07, 6.45) is 1.44. The van der Waals surface area contributed by atoms with E-state index in [1.165, 1.54) is 9.35 Å². The van der Waals surface area contributed by atoms with E-state index in [4.69, 9.17) is 4.74 Å². The molecule has 1 aliphatic rings. The van der Waals surface area contributed by atoms with Gasteiger partial charge >= 0.3 is 0 Å². The fourth-order valence-electron chi connectivity index (χ4n) is 2.03. The average Bonchev–Trinajstić information content (AvgIpc) is 2.82. The molecular formula is C12H18BrNOS. The summed E-state index contributed by atoms with van der Waals surface area (Å²) in [6, 6.07) is 2.65. The van der Waals surface area contributed by atoms with Gasteiger partial charge in [-0.15, -0.1) is 11.3 Å². The van der Waals surface area contributed by atoms with Gasteiger partial charge in [0, 0.05) is 34.5 Å². The molecule has 2 rings (SSSR count). The molecule has 4 heteroatoms. The molecule has 0 spiro atoms. The SMILES string of the molecule is CC(C)NCC1CCOC1c1sccc1Br. The van der Waals surface area contributed by atoms with Gasteiger partial charge < -0.3 is 10.1 Å². The molecule has 0 bridgehead atoms. The van der Waals surface area contributed by atoms with Crippen LogP contribution in [0.4, 0.5) is 0 Å². The van der Waals surface area contributed by atoms with Gasteiger partial charge in [0.1, 0.15) is 0 Å². The van der Waals surface area contributed by atoms with Crippen molar-refractivity contribution in [1.82, 2.24) is 5.32 Å². The maximum atomic E-state index is 5.86. The van der Waals surface area contributed by atoms with E-state index >= 15 is 0 Å². The molecule has 0 radical (unpaired) electrons. The molecule has 90 valence electrons. The van der Waals surface area contributed by atoms with Crippen LogP contribution in [-0.4, -0.2) is 19.2 Å². The van der Waals surface area contributed by atoms with Gasteiger partial charge in [-0.25, -0.2) is 0 Å². The fraction of sp³-hybridized carbons (Fsp3) is 0.667. The molecule has 2 unspecified atom stereocenters. The Bertz CT molecular complexity index is 340. The van der Waals surface area contributed by atoms with Crippen molar-refractivity contribution >= 4 is 27.3 Å². The number of hydrogen-bond donors (Lipinski definition) is 1. The Balaban J connectivity index is 2.01. The van der Waals surface area contributed by atoms with E-state index in [0.717, 1.165) is 19.6 Å². The number of rotatable bonds is 4. The second kappa shape index (κ2) is 5.63. The molecule has 2 atom stereocenters. The molecule has 2 nitrogen and oxygen atoms in total. The fourth-order valence-corrected chi connectivity index (χ4v) is 3.77. The monoisotopic (exact) mass is 303 g/mol. The van der Waals surface area contributed by atoms with Crippen molar-refractivity contribution in [2.24, 2.45) is 5.92 Å². The van der Waals surface area contributed by atoms with Crippen molar-refractivity contribution in [3.05, 3.63) is 20.8 Å². The maximum Gasteiger partial charge on any atom is 0.0969 e. The Morgan fingerprint density at radius 1 is 1.62 bits per heavy atom. The quantitative estimate of drug-likeness (QED) is 0.918. The first-order chi connectivity index (χ1) is 7.68. The molecule has 1 N–H and O–H groups in total. The van der Waals surface area contributed by atoms with Gasteiger partial charge in [-0.3, -0.25) is 0 Å². The van der Waals surface area contributed by atoms with Crippen LogP contribution in [0, 0.1) is 5.92 Å². The standard InChI is InChI=1S/C12H18BrNOS/c1-8(2)14-7-9-3-5-15-11(9)12-10(13)4-6-16-12/h4,6,8-9,11,14H,3,5,7H2,1-2H3. The van der Waals surface area contributed by atoms with E-state index in [1.807, 2.05) is 0 Å². The zero-order chi connectivity index (χ0) is 11.5. The zero-order valence-electron chi connectivity index (χ0n) is 9.70. The first kappa shape index (κ1) is 12.6. The smallest absolute Gasteiger partial charge is 0.0969 e. The van der Waals surface area contributed by atoms with E-state index in [-0.39, 0.29) is 6.10 Å². The van der Waals surface area contributed by atoms with Crippen LogP contribution < -0.4 is 5.32 Å². The second-order valence-electron chi connectivity index (χ2n) is 4.54. The Morgan fingerprint density at radius 3 is 3.06 bits per heavy atom. The Hall–Kier alpha value is 0.100. The molecule has 1 fully saturated rings. The van der Waals surface area contributed by atoms with Crippen molar-refractivity contribution in [2.75, 3.05) is 13.2 Å². The summed E-state index contributed by atoms with van der Waals surface area (Å²) >= 11 is 5.38. The minimum Gasteiger partial charge on any atom is -0.372 e. The van der Waals surface area contributed by atoms with Crippen LogP contribution in [-0.2, 0) is 4.74 Å². The van der Waals surface area contributed by atoms with Gasteiger partial charge in [0.25, 0.3) is 0 Å². The number of thiophene rings is 1. The number of nitrogens with one attached hydrogen (secondary N) is 1. The third kappa shape index (κ3) is 2.86. The van der Waals surface area contributed by atoms with Crippen molar-refractivity contribution in [2.45, 2.75) is 32.4 Å². The minimum atomic E-state index is 0.278. The summed E-state index contributed by atoms with van der Waals surface area (Å²) in [7, 11) is 0. The predicted molar refractivity (Wildman–Crippen MR) is 72.0 cm³/mol. The Kier molecular flexibility index (Phi) is 4.41. The van der Waals surface area contributed by atoms with Gasteiger partial charge in [-0.2, -0.15) is 0 Å². The van der Waals surface area contributed by atoms with Gasteiger partial charge in [-0.1, -0.05) is 13.8 Å². The summed E-state index contributed by atoms with van der Waals surface area (Å²) in [5, 5.41) is 5.63. The topological polar surface area (TPSA) is 21.3 Å². The van der Waals surface area contributed by atoms with Gasteiger partial charge in [0.2, 0.25) is 0 Å². The number of halogens is 1. The average molecular weight is 304 g/mol. The van der Waals surface area contributed by atoms with E-state index in [9.17, 15) is 0 Å². The van der Waals surface area contributed by atoms with Crippen LogP contribution in [0.2, 0.25) is 0 Å².